The molecular weight excluding hydrogens is 216 g/mol. The maximum Gasteiger partial charge on any atom is 0.138 e. The van der Waals surface area contributed by atoms with Crippen molar-refractivity contribution >= 4 is 11.6 Å². The molecule has 0 bridgehead atoms. The van der Waals surface area contributed by atoms with E-state index in [1.807, 2.05) is 27.7 Å². The van der Waals surface area contributed by atoms with Crippen LogP contribution in [0.4, 0.5) is 11.6 Å². The highest BCUT2D eigenvalue weighted by atomic mass is 16.3. The highest BCUT2D eigenvalue weighted by Crippen LogP contribution is 2.21. The smallest absolute Gasteiger partial charge is 0.138 e. The molecule has 17 heavy (non-hydrogen) atoms. The maximum atomic E-state index is 8.86. The minimum atomic E-state index is -0.133. The molecule has 0 aliphatic rings. The molecule has 0 saturated carbocycles. The number of nitrogens with two attached hydrogens (primary N) is 1. The molecule has 1 atom stereocenters. The van der Waals surface area contributed by atoms with Gasteiger partial charge in [0.2, 0.25) is 0 Å². The van der Waals surface area contributed by atoms with E-state index in [0.29, 0.717) is 18.1 Å². The molecule has 4 N–H and O–H groups in total. The number of aliphatic hydroxyl groups excluding tert-OH is 1. The topological polar surface area (TPSA) is 84.1 Å². The number of nitrogens with one attached hydrogen (secondary N) is 1. The highest BCUT2D eigenvalue weighted by molar-refractivity contribution is 5.45. The summed E-state index contributed by atoms with van der Waals surface area (Å²) in [5.74, 6) is 1.89. The molecular formula is C12H22N4O. The second-order valence-electron chi connectivity index (χ2n) is 5.31. The average Bonchev–Trinajstić information content (AvgIpc) is 2.15. The predicted octanol–water partition coefficient (Wildman–Crippen LogP) is 1.54. The third kappa shape index (κ3) is 4.19. The van der Waals surface area contributed by atoms with Crippen molar-refractivity contribution in [3.05, 3.63) is 11.9 Å². The number of hydrogen-bond donors (Lipinski definition) is 3. The Morgan fingerprint density at radius 1 is 1.41 bits per heavy atom. The summed E-state index contributed by atoms with van der Waals surface area (Å²) in [6.45, 7) is 8.28. The maximum absolute atomic E-state index is 8.86. The van der Waals surface area contributed by atoms with E-state index in [9.17, 15) is 0 Å². The van der Waals surface area contributed by atoms with Crippen molar-refractivity contribution < 1.29 is 5.11 Å². The molecule has 5 heteroatoms. The van der Waals surface area contributed by atoms with Crippen LogP contribution >= 0.6 is 0 Å². The molecule has 1 rings (SSSR count). The number of anilines is 2. The lowest BCUT2D eigenvalue weighted by Gasteiger charge is -2.19. The molecule has 0 aliphatic carbocycles. The van der Waals surface area contributed by atoms with Crippen molar-refractivity contribution in [2.45, 2.75) is 45.6 Å². The van der Waals surface area contributed by atoms with Gasteiger partial charge in [0.05, 0.1) is 0 Å². The molecule has 1 unspecified atom stereocenters. The van der Waals surface area contributed by atoms with E-state index in [1.165, 1.54) is 0 Å². The number of nitrogen functional groups attached to an aromatic ring is 1. The Morgan fingerprint density at radius 3 is 2.59 bits per heavy atom. The largest absolute Gasteiger partial charge is 0.396 e. The zero-order valence-electron chi connectivity index (χ0n) is 11.0. The van der Waals surface area contributed by atoms with Gasteiger partial charge in [-0.2, -0.15) is 0 Å². The normalized spacial score (nSPS) is 13.5. The molecule has 0 radical (unpaired) electrons. The fraction of sp³-hybridized carbons (Fsp3) is 0.667. The summed E-state index contributed by atoms with van der Waals surface area (Å²) >= 11 is 0. The van der Waals surface area contributed by atoms with E-state index in [4.69, 9.17) is 10.8 Å². The van der Waals surface area contributed by atoms with Crippen LogP contribution in [-0.2, 0) is 5.41 Å². The quantitative estimate of drug-likeness (QED) is 0.741. The van der Waals surface area contributed by atoms with Crippen LogP contribution in [0.15, 0.2) is 6.07 Å². The lowest BCUT2D eigenvalue weighted by Crippen LogP contribution is -2.21. The molecule has 0 saturated heterocycles. The van der Waals surface area contributed by atoms with E-state index < -0.39 is 0 Å². The first-order valence-corrected chi connectivity index (χ1v) is 5.85. The summed E-state index contributed by atoms with van der Waals surface area (Å²) in [4.78, 5) is 8.68. The van der Waals surface area contributed by atoms with Crippen molar-refractivity contribution in [1.82, 2.24) is 9.97 Å². The molecule has 1 aromatic rings. The first-order valence-electron chi connectivity index (χ1n) is 5.85. The fourth-order valence-corrected chi connectivity index (χ4v) is 1.39. The van der Waals surface area contributed by atoms with Gasteiger partial charge in [-0.3, -0.25) is 0 Å². The monoisotopic (exact) mass is 238 g/mol. The van der Waals surface area contributed by atoms with Gasteiger partial charge in [0.1, 0.15) is 17.5 Å². The summed E-state index contributed by atoms with van der Waals surface area (Å²) in [6.07, 6.45) is 0.675. The summed E-state index contributed by atoms with van der Waals surface area (Å²) in [7, 11) is 0. The third-order valence-electron chi connectivity index (χ3n) is 2.37. The van der Waals surface area contributed by atoms with E-state index in [-0.39, 0.29) is 18.1 Å². The van der Waals surface area contributed by atoms with Crippen LogP contribution in [0.5, 0.6) is 0 Å². The van der Waals surface area contributed by atoms with E-state index in [0.717, 1.165) is 5.82 Å². The van der Waals surface area contributed by atoms with Crippen LogP contribution in [0.25, 0.3) is 0 Å². The predicted molar refractivity (Wildman–Crippen MR) is 69.9 cm³/mol. The Balaban J connectivity index is 2.90. The van der Waals surface area contributed by atoms with Crippen molar-refractivity contribution in [3.8, 4) is 0 Å². The van der Waals surface area contributed by atoms with Gasteiger partial charge in [-0.05, 0) is 13.3 Å². The average molecular weight is 238 g/mol. The summed E-state index contributed by atoms with van der Waals surface area (Å²) in [6, 6.07) is 1.87. The van der Waals surface area contributed by atoms with Crippen molar-refractivity contribution in [2.24, 2.45) is 0 Å². The lowest BCUT2D eigenvalue weighted by molar-refractivity contribution is 0.282. The summed E-state index contributed by atoms with van der Waals surface area (Å²) in [5, 5.41) is 12.1. The van der Waals surface area contributed by atoms with Crippen LogP contribution in [-0.4, -0.2) is 27.7 Å². The molecule has 96 valence electrons. The summed E-state index contributed by atoms with van der Waals surface area (Å²) < 4.78 is 0. The van der Waals surface area contributed by atoms with E-state index in [1.54, 1.807) is 6.07 Å². The first-order chi connectivity index (χ1) is 7.82. The Kier molecular flexibility index (Phi) is 4.28. The standard InChI is InChI=1S/C12H22N4O/c1-8(5-6-17)14-10-7-9(13)15-11(16-10)12(2,3)4/h7-8,17H,5-6H2,1-4H3,(H3,13,14,15,16). The molecule has 0 aliphatic heterocycles. The van der Waals surface area contributed by atoms with Gasteiger partial charge >= 0.3 is 0 Å². The Labute approximate surface area is 102 Å². The minimum absolute atomic E-state index is 0.133. The Bertz CT molecular complexity index is 373. The molecule has 1 heterocycles. The van der Waals surface area contributed by atoms with Crippen LogP contribution in [0, 0.1) is 0 Å². The van der Waals surface area contributed by atoms with Crippen LogP contribution < -0.4 is 11.1 Å². The number of hydrogen-bond acceptors (Lipinski definition) is 5. The van der Waals surface area contributed by atoms with Crippen molar-refractivity contribution in [3.63, 3.8) is 0 Å². The molecule has 5 nitrogen and oxygen atoms in total. The Hall–Kier alpha value is -1.36. The van der Waals surface area contributed by atoms with Gasteiger partial charge in [0.25, 0.3) is 0 Å². The number of aromatic nitrogens is 2. The van der Waals surface area contributed by atoms with Crippen LogP contribution in [0.1, 0.15) is 39.9 Å². The van der Waals surface area contributed by atoms with Gasteiger partial charge in [-0.15, -0.1) is 0 Å². The van der Waals surface area contributed by atoms with Gasteiger partial charge in [0, 0.05) is 24.1 Å². The second-order valence-corrected chi connectivity index (χ2v) is 5.31. The number of aliphatic hydroxyl groups is 1. The zero-order valence-corrected chi connectivity index (χ0v) is 11.0. The van der Waals surface area contributed by atoms with E-state index >= 15 is 0 Å². The van der Waals surface area contributed by atoms with Gasteiger partial charge in [-0.25, -0.2) is 9.97 Å². The van der Waals surface area contributed by atoms with Crippen molar-refractivity contribution in [1.29, 1.82) is 0 Å². The third-order valence-corrected chi connectivity index (χ3v) is 2.37. The number of nitrogens with zero attached hydrogens (tertiary/aromatic N) is 2. The second kappa shape index (κ2) is 5.31. The van der Waals surface area contributed by atoms with Gasteiger partial charge in [0.15, 0.2) is 0 Å². The first kappa shape index (κ1) is 13.7. The molecule has 0 fully saturated rings. The molecule has 0 aromatic carbocycles. The van der Waals surface area contributed by atoms with Crippen LogP contribution in [0.3, 0.4) is 0 Å². The highest BCUT2D eigenvalue weighted by Gasteiger charge is 2.18. The molecule has 0 spiro atoms. The van der Waals surface area contributed by atoms with Gasteiger partial charge in [-0.1, -0.05) is 20.8 Å². The minimum Gasteiger partial charge on any atom is -0.396 e. The Morgan fingerprint density at radius 2 is 2.06 bits per heavy atom. The van der Waals surface area contributed by atoms with Crippen LogP contribution in [0.2, 0.25) is 0 Å². The lowest BCUT2D eigenvalue weighted by atomic mass is 9.96. The van der Waals surface area contributed by atoms with Gasteiger partial charge < -0.3 is 16.2 Å². The molecule has 1 aromatic heterocycles. The summed E-state index contributed by atoms with van der Waals surface area (Å²) in [5.41, 5.74) is 5.63. The van der Waals surface area contributed by atoms with E-state index in [2.05, 4.69) is 15.3 Å². The molecule has 0 amide bonds. The number of rotatable bonds is 4. The zero-order chi connectivity index (χ0) is 13.1. The SMILES string of the molecule is CC(CCO)Nc1cc(N)nc(C(C)(C)C)n1. The fourth-order valence-electron chi connectivity index (χ4n) is 1.39. The van der Waals surface area contributed by atoms with Crippen molar-refractivity contribution in [2.75, 3.05) is 17.7 Å².